The van der Waals surface area contributed by atoms with E-state index in [1.54, 1.807) is 0 Å². The molecule has 2 amide bonds. The second kappa shape index (κ2) is 7.59. The SMILES string of the molecule is Cc1cc(NC(=O)NCCN2CCC(N)CC2)c2ccccc2n1. The summed E-state index contributed by atoms with van der Waals surface area (Å²) in [6.07, 6.45) is 2.07. The number of carbonyl (C=O) groups excluding carboxylic acids is 1. The van der Waals surface area contributed by atoms with Crippen LogP contribution in [0, 0.1) is 6.92 Å². The van der Waals surface area contributed by atoms with Crippen LogP contribution in [0.1, 0.15) is 18.5 Å². The molecule has 4 N–H and O–H groups in total. The summed E-state index contributed by atoms with van der Waals surface area (Å²) in [4.78, 5) is 19.0. The number of piperidine rings is 1. The van der Waals surface area contributed by atoms with Gasteiger partial charge in [-0.1, -0.05) is 18.2 Å². The Hall–Kier alpha value is -2.18. The lowest BCUT2D eigenvalue weighted by Gasteiger charge is -2.29. The Labute approximate surface area is 142 Å². The van der Waals surface area contributed by atoms with Gasteiger partial charge in [-0.15, -0.1) is 0 Å². The molecule has 0 radical (unpaired) electrons. The van der Waals surface area contributed by atoms with Crippen LogP contribution in [-0.4, -0.2) is 48.1 Å². The highest BCUT2D eigenvalue weighted by atomic mass is 16.2. The van der Waals surface area contributed by atoms with E-state index in [9.17, 15) is 4.79 Å². The highest BCUT2D eigenvalue weighted by Crippen LogP contribution is 2.22. The molecule has 2 aromatic rings. The van der Waals surface area contributed by atoms with E-state index in [-0.39, 0.29) is 6.03 Å². The van der Waals surface area contributed by atoms with Crippen LogP contribution in [0.5, 0.6) is 0 Å². The molecular weight excluding hydrogens is 302 g/mol. The van der Waals surface area contributed by atoms with Gasteiger partial charge in [0, 0.05) is 30.2 Å². The Morgan fingerprint density at radius 2 is 2.08 bits per heavy atom. The smallest absolute Gasteiger partial charge is 0.319 e. The third-order valence-corrected chi connectivity index (χ3v) is 4.44. The summed E-state index contributed by atoms with van der Waals surface area (Å²) in [5.41, 5.74) is 8.47. The van der Waals surface area contributed by atoms with Crippen LogP contribution in [0.3, 0.4) is 0 Å². The number of nitrogens with one attached hydrogen (secondary N) is 2. The number of aromatic nitrogens is 1. The molecule has 3 rings (SSSR count). The number of hydrogen-bond acceptors (Lipinski definition) is 4. The molecule has 0 bridgehead atoms. The fourth-order valence-electron chi connectivity index (χ4n) is 3.08. The average molecular weight is 327 g/mol. The molecule has 6 nitrogen and oxygen atoms in total. The van der Waals surface area contributed by atoms with Crippen LogP contribution >= 0.6 is 0 Å². The maximum Gasteiger partial charge on any atom is 0.319 e. The highest BCUT2D eigenvalue weighted by molar-refractivity contribution is 6.00. The fraction of sp³-hybridized carbons (Fsp3) is 0.444. The Morgan fingerprint density at radius 1 is 1.33 bits per heavy atom. The zero-order chi connectivity index (χ0) is 16.9. The predicted octanol–water partition coefficient (Wildman–Crippen LogP) is 2.09. The molecule has 0 unspecified atom stereocenters. The number of benzene rings is 1. The van der Waals surface area contributed by atoms with Gasteiger partial charge in [-0.25, -0.2) is 4.79 Å². The van der Waals surface area contributed by atoms with Gasteiger partial charge in [-0.05, 0) is 45.0 Å². The van der Waals surface area contributed by atoms with Crippen molar-refractivity contribution in [2.24, 2.45) is 5.73 Å². The van der Waals surface area contributed by atoms with Gasteiger partial charge in [-0.3, -0.25) is 4.98 Å². The van der Waals surface area contributed by atoms with Crippen molar-refractivity contribution in [1.29, 1.82) is 0 Å². The normalized spacial score (nSPS) is 16.2. The Bertz CT molecular complexity index is 710. The zero-order valence-corrected chi connectivity index (χ0v) is 14.1. The van der Waals surface area contributed by atoms with E-state index in [1.165, 1.54) is 0 Å². The molecule has 1 fully saturated rings. The molecule has 1 aromatic heterocycles. The molecular formula is C18H25N5O. The van der Waals surface area contributed by atoms with Crippen molar-refractivity contribution in [3.05, 3.63) is 36.0 Å². The molecule has 1 aromatic carbocycles. The summed E-state index contributed by atoms with van der Waals surface area (Å²) in [5, 5.41) is 6.82. The lowest BCUT2D eigenvalue weighted by atomic mass is 10.1. The molecule has 6 heteroatoms. The average Bonchev–Trinajstić information content (AvgIpc) is 2.56. The zero-order valence-electron chi connectivity index (χ0n) is 14.1. The second-order valence-electron chi connectivity index (χ2n) is 6.39. The number of hydrogen-bond donors (Lipinski definition) is 3. The van der Waals surface area contributed by atoms with Crippen LogP contribution in [0.15, 0.2) is 30.3 Å². The second-order valence-corrected chi connectivity index (χ2v) is 6.39. The highest BCUT2D eigenvalue weighted by Gasteiger charge is 2.15. The van der Waals surface area contributed by atoms with Crippen molar-refractivity contribution in [3.63, 3.8) is 0 Å². The molecule has 1 saturated heterocycles. The first-order chi connectivity index (χ1) is 11.6. The fourth-order valence-corrected chi connectivity index (χ4v) is 3.08. The molecule has 0 saturated carbocycles. The van der Waals surface area contributed by atoms with Crippen LogP contribution < -0.4 is 16.4 Å². The summed E-state index contributed by atoms with van der Waals surface area (Å²) in [5.74, 6) is 0. The van der Waals surface area contributed by atoms with Gasteiger partial charge in [0.15, 0.2) is 0 Å². The number of para-hydroxylation sites is 1. The summed E-state index contributed by atoms with van der Waals surface area (Å²) in [6.45, 7) is 5.44. The lowest BCUT2D eigenvalue weighted by Crippen LogP contribution is -2.43. The van der Waals surface area contributed by atoms with Crippen molar-refractivity contribution >= 4 is 22.6 Å². The monoisotopic (exact) mass is 327 g/mol. The molecule has 0 aliphatic carbocycles. The third kappa shape index (κ3) is 4.21. The number of amides is 2. The number of nitrogens with two attached hydrogens (primary N) is 1. The Balaban J connectivity index is 1.54. The molecule has 0 atom stereocenters. The van der Waals surface area contributed by atoms with Crippen molar-refractivity contribution in [1.82, 2.24) is 15.2 Å². The number of pyridine rings is 1. The summed E-state index contributed by atoms with van der Waals surface area (Å²) < 4.78 is 0. The van der Waals surface area contributed by atoms with E-state index in [1.807, 2.05) is 37.3 Å². The number of urea groups is 1. The number of carbonyl (C=O) groups is 1. The maximum absolute atomic E-state index is 12.2. The molecule has 1 aliphatic heterocycles. The summed E-state index contributed by atoms with van der Waals surface area (Å²) in [7, 11) is 0. The predicted molar refractivity (Wildman–Crippen MR) is 97.2 cm³/mol. The number of aryl methyl sites for hydroxylation is 1. The van der Waals surface area contributed by atoms with E-state index in [0.717, 1.165) is 54.8 Å². The third-order valence-electron chi connectivity index (χ3n) is 4.44. The minimum Gasteiger partial charge on any atom is -0.337 e. The molecule has 128 valence electrons. The van der Waals surface area contributed by atoms with Gasteiger partial charge in [0.2, 0.25) is 0 Å². The maximum atomic E-state index is 12.2. The standard InChI is InChI=1S/C18H25N5O/c1-13-12-17(15-4-2-3-5-16(15)21-13)22-18(24)20-8-11-23-9-6-14(19)7-10-23/h2-5,12,14H,6-11,19H2,1H3,(H2,20,21,22,24). The number of fused-ring (bicyclic) bond motifs is 1. The van der Waals surface area contributed by atoms with Gasteiger partial charge in [0.1, 0.15) is 0 Å². The van der Waals surface area contributed by atoms with Crippen molar-refractivity contribution < 1.29 is 4.79 Å². The van der Waals surface area contributed by atoms with Gasteiger partial charge in [0.25, 0.3) is 0 Å². The Morgan fingerprint density at radius 3 is 2.88 bits per heavy atom. The van der Waals surface area contributed by atoms with Crippen LogP contribution in [-0.2, 0) is 0 Å². The van der Waals surface area contributed by atoms with Gasteiger partial charge < -0.3 is 21.3 Å². The van der Waals surface area contributed by atoms with E-state index in [4.69, 9.17) is 5.73 Å². The molecule has 1 aliphatic rings. The number of anilines is 1. The first-order valence-electron chi connectivity index (χ1n) is 8.51. The lowest BCUT2D eigenvalue weighted by molar-refractivity contribution is 0.212. The van der Waals surface area contributed by atoms with Gasteiger partial charge >= 0.3 is 6.03 Å². The van der Waals surface area contributed by atoms with Gasteiger partial charge in [-0.2, -0.15) is 0 Å². The van der Waals surface area contributed by atoms with Gasteiger partial charge in [0.05, 0.1) is 11.2 Å². The Kier molecular flexibility index (Phi) is 5.27. The van der Waals surface area contributed by atoms with E-state index < -0.39 is 0 Å². The number of likely N-dealkylation sites (tertiary alicyclic amines) is 1. The van der Waals surface area contributed by atoms with Crippen molar-refractivity contribution in [2.45, 2.75) is 25.8 Å². The quantitative estimate of drug-likeness (QED) is 0.803. The molecule has 24 heavy (non-hydrogen) atoms. The van der Waals surface area contributed by atoms with E-state index >= 15 is 0 Å². The minimum atomic E-state index is -0.181. The minimum absolute atomic E-state index is 0.181. The molecule has 2 heterocycles. The van der Waals surface area contributed by atoms with E-state index in [0.29, 0.717) is 12.6 Å². The largest absolute Gasteiger partial charge is 0.337 e. The topological polar surface area (TPSA) is 83.3 Å². The summed E-state index contributed by atoms with van der Waals surface area (Å²) in [6, 6.07) is 9.86. The number of rotatable bonds is 4. The first-order valence-corrected chi connectivity index (χ1v) is 8.51. The van der Waals surface area contributed by atoms with E-state index in [2.05, 4.69) is 20.5 Å². The van der Waals surface area contributed by atoms with Crippen molar-refractivity contribution in [2.75, 3.05) is 31.5 Å². The van der Waals surface area contributed by atoms with Crippen LogP contribution in [0.25, 0.3) is 10.9 Å². The molecule has 0 spiro atoms. The summed E-state index contributed by atoms with van der Waals surface area (Å²) >= 11 is 0. The first kappa shape index (κ1) is 16.7. The number of nitrogens with zero attached hydrogens (tertiary/aromatic N) is 2. The van der Waals surface area contributed by atoms with Crippen LogP contribution in [0.2, 0.25) is 0 Å². The van der Waals surface area contributed by atoms with Crippen LogP contribution in [0.4, 0.5) is 10.5 Å². The van der Waals surface area contributed by atoms with Crippen molar-refractivity contribution in [3.8, 4) is 0 Å².